The Labute approximate surface area is 189 Å². The lowest BCUT2D eigenvalue weighted by Gasteiger charge is -2.22. The van der Waals surface area contributed by atoms with E-state index in [0.717, 1.165) is 17.5 Å². The van der Waals surface area contributed by atoms with Gasteiger partial charge in [0, 0.05) is 5.33 Å². The van der Waals surface area contributed by atoms with Gasteiger partial charge in [0.25, 0.3) is 0 Å². The summed E-state index contributed by atoms with van der Waals surface area (Å²) in [5.41, 5.74) is 6.34. The summed E-state index contributed by atoms with van der Waals surface area (Å²) in [6.45, 7) is 2.88. The molecule has 0 amide bonds. The summed E-state index contributed by atoms with van der Waals surface area (Å²) in [5.74, 6) is 0.900. The number of halogens is 1. The number of hydrogen-bond acceptors (Lipinski definition) is 2. The molecule has 30 heavy (non-hydrogen) atoms. The third kappa shape index (κ3) is 5.62. The average molecular weight is 464 g/mol. The number of rotatable bonds is 9. The number of hydrogen-bond donors (Lipinski definition) is 0. The Bertz CT molecular complexity index is 934. The molecule has 0 N–H and O–H groups in total. The van der Waals surface area contributed by atoms with Gasteiger partial charge in [-0.2, -0.15) is 0 Å². The second-order valence-corrected chi connectivity index (χ2v) is 8.19. The molecular formula is C27H30BrNO. The van der Waals surface area contributed by atoms with Crippen molar-refractivity contribution in [3.05, 3.63) is 102 Å². The Balaban J connectivity index is 1.96. The van der Waals surface area contributed by atoms with Crippen LogP contribution in [0, 0.1) is 0 Å². The fraction of sp³-hybridized carbons (Fsp3) is 0.259. The second kappa shape index (κ2) is 11.1. The first-order valence-electron chi connectivity index (χ1n) is 10.4. The van der Waals surface area contributed by atoms with Gasteiger partial charge in [-0.3, -0.25) is 0 Å². The molecule has 3 aromatic rings. The summed E-state index contributed by atoms with van der Waals surface area (Å²) in [7, 11) is 4.15. The molecule has 0 heterocycles. The fourth-order valence-electron chi connectivity index (χ4n) is 3.53. The summed E-state index contributed by atoms with van der Waals surface area (Å²) >= 11 is 3.56. The monoisotopic (exact) mass is 463 g/mol. The zero-order valence-corrected chi connectivity index (χ0v) is 19.6. The Hall–Kier alpha value is -2.36. The van der Waals surface area contributed by atoms with Crippen molar-refractivity contribution in [2.24, 2.45) is 0 Å². The highest BCUT2D eigenvalue weighted by molar-refractivity contribution is 9.09. The van der Waals surface area contributed by atoms with Gasteiger partial charge in [0.2, 0.25) is 0 Å². The van der Waals surface area contributed by atoms with E-state index in [1.807, 2.05) is 0 Å². The molecule has 3 heteroatoms. The summed E-state index contributed by atoms with van der Waals surface area (Å²) in [4.78, 5) is 2.17. The molecule has 0 saturated carbocycles. The van der Waals surface area contributed by atoms with Crippen molar-refractivity contribution in [2.75, 3.05) is 26.0 Å². The molecule has 0 spiro atoms. The molecular weight excluding hydrogens is 434 g/mol. The van der Waals surface area contributed by atoms with Crippen LogP contribution in [0.2, 0.25) is 0 Å². The van der Waals surface area contributed by atoms with Crippen LogP contribution in [0.25, 0.3) is 11.1 Å². The highest BCUT2D eigenvalue weighted by Crippen LogP contribution is 2.34. The van der Waals surface area contributed by atoms with Gasteiger partial charge in [-0.1, -0.05) is 95.7 Å². The van der Waals surface area contributed by atoms with Crippen LogP contribution in [0.15, 0.2) is 84.9 Å². The van der Waals surface area contributed by atoms with Gasteiger partial charge in [0.05, 0.1) is 6.04 Å². The van der Waals surface area contributed by atoms with E-state index in [1.54, 1.807) is 0 Å². The van der Waals surface area contributed by atoms with Crippen LogP contribution in [0.3, 0.4) is 0 Å². The van der Waals surface area contributed by atoms with E-state index in [1.165, 1.54) is 27.8 Å². The number of nitrogens with zero attached hydrogens (tertiary/aromatic N) is 1. The van der Waals surface area contributed by atoms with Crippen LogP contribution < -0.4 is 4.74 Å². The Morgan fingerprint density at radius 1 is 0.800 bits per heavy atom. The summed E-state index contributed by atoms with van der Waals surface area (Å²) in [6.07, 6.45) is 0.961. The quantitative estimate of drug-likeness (QED) is 0.256. The largest absolute Gasteiger partial charge is 0.492 e. The van der Waals surface area contributed by atoms with Crippen molar-refractivity contribution in [3.8, 4) is 5.75 Å². The molecule has 3 rings (SSSR count). The molecule has 3 aromatic carbocycles. The van der Waals surface area contributed by atoms with Gasteiger partial charge in [0.15, 0.2) is 0 Å². The number of likely N-dealkylation sites (N-methyl/N-ethyl adjacent to an activating group) is 1. The lowest BCUT2D eigenvalue weighted by Crippen LogP contribution is -2.35. The first kappa shape index (κ1) is 22.3. The zero-order chi connectivity index (χ0) is 21.3. The molecule has 0 aliphatic carbocycles. The number of benzene rings is 3. The fourth-order valence-corrected chi connectivity index (χ4v) is 4.29. The minimum Gasteiger partial charge on any atom is -0.492 e. The Kier molecular flexibility index (Phi) is 8.30. The van der Waals surface area contributed by atoms with Crippen molar-refractivity contribution in [1.82, 2.24) is 4.90 Å². The zero-order valence-electron chi connectivity index (χ0n) is 18.0. The number of alkyl halides is 1. The molecule has 1 atom stereocenters. The highest BCUT2D eigenvalue weighted by Gasteiger charge is 2.14. The van der Waals surface area contributed by atoms with Crippen LogP contribution in [0.5, 0.6) is 5.75 Å². The molecule has 0 fully saturated rings. The number of allylic oxidation sites excluding steroid dienone is 1. The van der Waals surface area contributed by atoms with Crippen molar-refractivity contribution in [1.29, 1.82) is 0 Å². The van der Waals surface area contributed by atoms with Crippen molar-refractivity contribution >= 4 is 27.1 Å². The molecule has 0 aliphatic heterocycles. The molecule has 156 valence electrons. The van der Waals surface area contributed by atoms with Crippen LogP contribution in [0.4, 0.5) is 0 Å². The standard InChI is InChI=1S/C27H30BrNO/c1-4-26(21-11-7-5-8-12-21)27(22-13-9-6-10-14-22)23-15-17-25(18-16-23)30-20-24(19-28)29(2)3/h5-18,24H,4,19-20H2,1-3H3/b27-26-. The maximum Gasteiger partial charge on any atom is 0.119 e. The summed E-state index contributed by atoms with van der Waals surface area (Å²) in [5, 5.41) is 0.885. The predicted molar refractivity (Wildman–Crippen MR) is 132 cm³/mol. The van der Waals surface area contributed by atoms with E-state index >= 15 is 0 Å². The van der Waals surface area contributed by atoms with E-state index in [2.05, 4.69) is 127 Å². The van der Waals surface area contributed by atoms with Crippen LogP contribution >= 0.6 is 15.9 Å². The van der Waals surface area contributed by atoms with E-state index in [4.69, 9.17) is 4.74 Å². The smallest absolute Gasteiger partial charge is 0.119 e. The maximum absolute atomic E-state index is 6.04. The summed E-state index contributed by atoms with van der Waals surface area (Å²) < 4.78 is 6.04. The van der Waals surface area contributed by atoms with E-state index < -0.39 is 0 Å². The highest BCUT2D eigenvalue weighted by atomic mass is 79.9. The van der Waals surface area contributed by atoms with E-state index in [-0.39, 0.29) is 0 Å². The van der Waals surface area contributed by atoms with Gasteiger partial charge in [-0.05, 0) is 60.5 Å². The lowest BCUT2D eigenvalue weighted by atomic mass is 9.88. The normalized spacial score (nSPS) is 13.1. The predicted octanol–water partition coefficient (Wildman–Crippen LogP) is 6.76. The third-order valence-corrected chi connectivity index (χ3v) is 6.08. The molecule has 0 aromatic heterocycles. The summed E-state index contributed by atoms with van der Waals surface area (Å²) in [6, 6.07) is 30.2. The molecule has 0 bridgehead atoms. The minimum atomic E-state index is 0.342. The average Bonchev–Trinajstić information content (AvgIpc) is 2.79. The Morgan fingerprint density at radius 3 is 1.83 bits per heavy atom. The lowest BCUT2D eigenvalue weighted by molar-refractivity contribution is 0.202. The van der Waals surface area contributed by atoms with Gasteiger partial charge in [0.1, 0.15) is 12.4 Å². The first-order chi connectivity index (χ1) is 14.6. The van der Waals surface area contributed by atoms with E-state index in [9.17, 15) is 0 Å². The van der Waals surface area contributed by atoms with Crippen LogP contribution in [-0.2, 0) is 0 Å². The molecule has 2 nitrogen and oxygen atoms in total. The number of ether oxygens (including phenoxy) is 1. The second-order valence-electron chi connectivity index (χ2n) is 7.55. The van der Waals surface area contributed by atoms with Crippen molar-refractivity contribution < 1.29 is 4.74 Å². The van der Waals surface area contributed by atoms with Gasteiger partial charge in [-0.15, -0.1) is 0 Å². The molecule has 0 saturated heterocycles. The van der Waals surface area contributed by atoms with Gasteiger partial charge < -0.3 is 9.64 Å². The SMILES string of the molecule is CC/C(=C(\c1ccccc1)c1ccc(OCC(CBr)N(C)C)cc1)c1ccccc1. The first-order valence-corrected chi connectivity index (χ1v) is 11.6. The minimum absolute atomic E-state index is 0.342. The molecule has 0 radical (unpaired) electrons. The van der Waals surface area contributed by atoms with Crippen LogP contribution in [0.1, 0.15) is 30.0 Å². The van der Waals surface area contributed by atoms with Crippen molar-refractivity contribution in [3.63, 3.8) is 0 Å². The van der Waals surface area contributed by atoms with Gasteiger partial charge >= 0.3 is 0 Å². The van der Waals surface area contributed by atoms with E-state index in [0.29, 0.717) is 12.6 Å². The Morgan fingerprint density at radius 2 is 1.33 bits per heavy atom. The topological polar surface area (TPSA) is 12.5 Å². The maximum atomic E-state index is 6.04. The van der Waals surface area contributed by atoms with Gasteiger partial charge in [-0.25, -0.2) is 0 Å². The third-order valence-electron chi connectivity index (χ3n) is 5.33. The molecule has 1 unspecified atom stereocenters. The van der Waals surface area contributed by atoms with Crippen LogP contribution in [-0.4, -0.2) is 37.0 Å². The molecule has 0 aliphatic rings. The van der Waals surface area contributed by atoms with Crippen molar-refractivity contribution in [2.45, 2.75) is 19.4 Å².